The first kappa shape index (κ1) is 18.2. The average molecular weight is 393 g/mol. The van der Waals surface area contributed by atoms with Gasteiger partial charge in [0, 0.05) is 12.4 Å². The lowest BCUT2D eigenvalue weighted by molar-refractivity contribution is 0.0928. The molecule has 4 rings (SSSR count). The highest BCUT2D eigenvalue weighted by Crippen LogP contribution is 2.20. The van der Waals surface area contributed by atoms with Crippen LogP contribution in [0.5, 0.6) is 0 Å². The zero-order chi connectivity index (χ0) is 19.3. The van der Waals surface area contributed by atoms with Crippen molar-refractivity contribution >= 4 is 23.3 Å². The molecule has 1 amide bonds. The maximum atomic E-state index is 12.8. The van der Waals surface area contributed by atoms with E-state index < -0.39 is 0 Å². The van der Waals surface area contributed by atoms with E-state index in [4.69, 9.17) is 0 Å². The SMILES string of the molecule is CSCC[C@@H](NC(=O)c1cc(-c2ccccn2)n[nH]1)c1nnc2ccccn12. The van der Waals surface area contributed by atoms with Gasteiger partial charge >= 0.3 is 0 Å². The van der Waals surface area contributed by atoms with Crippen LogP contribution in [0, 0.1) is 0 Å². The zero-order valence-electron chi connectivity index (χ0n) is 15.2. The van der Waals surface area contributed by atoms with Crippen LogP contribution >= 0.6 is 11.8 Å². The number of aromatic amines is 1. The number of thioether (sulfide) groups is 1. The van der Waals surface area contributed by atoms with Gasteiger partial charge in [-0.2, -0.15) is 16.9 Å². The molecule has 28 heavy (non-hydrogen) atoms. The molecule has 0 spiro atoms. The van der Waals surface area contributed by atoms with Gasteiger partial charge in [-0.1, -0.05) is 12.1 Å². The van der Waals surface area contributed by atoms with Gasteiger partial charge in [-0.15, -0.1) is 10.2 Å². The van der Waals surface area contributed by atoms with Gasteiger partial charge in [0.05, 0.1) is 11.7 Å². The van der Waals surface area contributed by atoms with Gasteiger partial charge in [0.15, 0.2) is 11.5 Å². The second-order valence-electron chi connectivity index (χ2n) is 6.18. The third-order valence-corrected chi connectivity index (χ3v) is 4.96. The molecule has 0 bridgehead atoms. The summed E-state index contributed by atoms with van der Waals surface area (Å²) >= 11 is 1.72. The van der Waals surface area contributed by atoms with Crippen LogP contribution in [0.15, 0.2) is 54.9 Å². The highest BCUT2D eigenvalue weighted by molar-refractivity contribution is 7.98. The predicted molar refractivity (Wildman–Crippen MR) is 108 cm³/mol. The minimum absolute atomic E-state index is 0.242. The molecule has 2 N–H and O–H groups in total. The first-order chi connectivity index (χ1) is 13.8. The van der Waals surface area contributed by atoms with Crippen molar-refractivity contribution in [1.82, 2.24) is 35.1 Å². The Morgan fingerprint density at radius 1 is 1.21 bits per heavy atom. The summed E-state index contributed by atoms with van der Waals surface area (Å²) in [7, 11) is 0. The number of pyridine rings is 2. The van der Waals surface area contributed by atoms with Gasteiger partial charge in [0.2, 0.25) is 0 Å². The molecule has 0 saturated heterocycles. The quantitative estimate of drug-likeness (QED) is 0.501. The molecular weight excluding hydrogens is 374 g/mol. The van der Waals surface area contributed by atoms with Crippen molar-refractivity contribution in [2.24, 2.45) is 0 Å². The summed E-state index contributed by atoms with van der Waals surface area (Å²) in [4.78, 5) is 17.1. The summed E-state index contributed by atoms with van der Waals surface area (Å²) in [6.45, 7) is 0. The highest BCUT2D eigenvalue weighted by Gasteiger charge is 2.22. The van der Waals surface area contributed by atoms with Crippen LogP contribution in [-0.2, 0) is 0 Å². The number of fused-ring (bicyclic) bond motifs is 1. The number of carbonyl (C=O) groups is 1. The molecule has 1 atom stereocenters. The molecule has 4 aromatic heterocycles. The van der Waals surface area contributed by atoms with Crippen LogP contribution in [0.3, 0.4) is 0 Å². The summed E-state index contributed by atoms with van der Waals surface area (Å²) < 4.78 is 1.90. The number of hydrogen-bond acceptors (Lipinski definition) is 6. The van der Waals surface area contributed by atoms with Crippen LogP contribution in [0.2, 0.25) is 0 Å². The minimum Gasteiger partial charge on any atom is -0.341 e. The van der Waals surface area contributed by atoms with E-state index in [9.17, 15) is 4.79 Å². The van der Waals surface area contributed by atoms with Gasteiger partial charge in [0.25, 0.3) is 5.91 Å². The summed E-state index contributed by atoms with van der Waals surface area (Å²) in [5.74, 6) is 1.35. The van der Waals surface area contributed by atoms with E-state index in [1.807, 2.05) is 53.3 Å². The summed E-state index contributed by atoms with van der Waals surface area (Å²) in [5.41, 5.74) is 2.46. The molecule has 0 aliphatic rings. The molecule has 0 saturated carbocycles. The lowest BCUT2D eigenvalue weighted by Gasteiger charge is -2.16. The molecule has 0 aliphatic carbocycles. The number of H-pyrrole nitrogens is 1. The van der Waals surface area contributed by atoms with E-state index in [1.165, 1.54) is 0 Å². The number of hydrogen-bond donors (Lipinski definition) is 2. The lowest BCUT2D eigenvalue weighted by Crippen LogP contribution is -2.30. The first-order valence-corrected chi connectivity index (χ1v) is 10.2. The lowest BCUT2D eigenvalue weighted by atomic mass is 10.2. The monoisotopic (exact) mass is 393 g/mol. The van der Waals surface area contributed by atoms with Crippen molar-refractivity contribution < 1.29 is 4.79 Å². The van der Waals surface area contributed by atoms with E-state index in [-0.39, 0.29) is 11.9 Å². The summed E-state index contributed by atoms with van der Waals surface area (Å²) in [6.07, 6.45) is 6.37. The van der Waals surface area contributed by atoms with Gasteiger partial charge in [-0.25, -0.2) is 0 Å². The average Bonchev–Trinajstić information content (AvgIpc) is 3.39. The Morgan fingerprint density at radius 3 is 2.93 bits per heavy atom. The minimum atomic E-state index is -0.265. The second-order valence-corrected chi connectivity index (χ2v) is 7.16. The number of nitrogens with zero attached hydrogens (tertiary/aromatic N) is 5. The molecule has 8 nitrogen and oxygen atoms in total. The van der Waals surface area contributed by atoms with Crippen molar-refractivity contribution in [2.75, 3.05) is 12.0 Å². The molecular formula is C19H19N7OS. The summed E-state index contributed by atoms with van der Waals surface area (Å²) in [5, 5.41) is 18.6. The molecule has 0 fully saturated rings. The van der Waals surface area contributed by atoms with Crippen molar-refractivity contribution in [1.29, 1.82) is 0 Å². The van der Waals surface area contributed by atoms with Crippen molar-refractivity contribution in [2.45, 2.75) is 12.5 Å². The number of carbonyl (C=O) groups excluding carboxylic acids is 1. The Labute approximate surface area is 165 Å². The van der Waals surface area contributed by atoms with Gasteiger partial charge < -0.3 is 5.32 Å². The molecule has 0 aliphatic heterocycles. The second kappa shape index (κ2) is 8.22. The Hall–Kier alpha value is -3.20. The normalized spacial score (nSPS) is 12.2. The molecule has 0 radical (unpaired) electrons. The maximum Gasteiger partial charge on any atom is 0.269 e. The number of aromatic nitrogens is 6. The standard InChI is InChI=1S/C19H19N7OS/c1-28-11-8-14(18-25-24-17-7-3-5-10-26(17)18)21-19(27)16-12-15(22-23-16)13-6-2-4-9-20-13/h2-7,9-10,12,14H,8,11H2,1H3,(H,21,27)(H,22,23)/t14-/m1/s1. The first-order valence-electron chi connectivity index (χ1n) is 8.82. The number of amides is 1. The molecule has 9 heteroatoms. The van der Waals surface area contributed by atoms with Crippen LogP contribution in [0.25, 0.3) is 17.0 Å². The summed E-state index contributed by atoms with van der Waals surface area (Å²) in [6, 6.07) is 12.7. The van der Waals surface area contributed by atoms with E-state index in [0.717, 1.165) is 17.8 Å². The Bertz CT molecular complexity index is 1080. The van der Waals surface area contributed by atoms with Crippen molar-refractivity contribution in [3.63, 3.8) is 0 Å². The maximum absolute atomic E-state index is 12.8. The molecule has 4 heterocycles. The third-order valence-electron chi connectivity index (χ3n) is 4.32. The van der Waals surface area contributed by atoms with Crippen LogP contribution in [0.1, 0.15) is 28.8 Å². The van der Waals surface area contributed by atoms with Crippen molar-refractivity contribution in [3.8, 4) is 11.4 Å². The van der Waals surface area contributed by atoms with Crippen LogP contribution in [0.4, 0.5) is 0 Å². The van der Waals surface area contributed by atoms with Gasteiger partial charge in [-0.3, -0.25) is 19.3 Å². The number of nitrogens with one attached hydrogen (secondary N) is 2. The molecule has 0 unspecified atom stereocenters. The zero-order valence-corrected chi connectivity index (χ0v) is 16.1. The highest BCUT2D eigenvalue weighted by atomic mass is 32.2. The molecule has 0 aromatic carbocycles. The Morgan fingerprint density at radius 2 is 2.11 bits per heavy atom. The Balaban J connectivity index is 1.57. The van der Waals surface area contributed by atoms with Crippen LogP contribution in [-0.4, -0.2) is 47.7 Å². The van der Waals surface area contributed by atoms with E-state index in [2.05, 4.69) is 30.7 Å². The van der Waals surface area contributed by atoms with E-state index in [0.29, 0.717) is 22.9 Å². The largest absolute Gasteiger partial charge is 0.341 e. The fraction of sp³-hybridized carbons (Fsp3) is 0.211. The molecule has 142 valence electrons. The third kappa shape index (κ3) is 3.74. The topological polar surface area (TPSA) is 101 Å². The molecule has 4 aromatic rings. The van der Waals surface area contributed by atoms with Crippen molar-refractivity contribution in [3.05, 3.63) is 66.4 Å². The number of rotatable bonds is 7. The predicted octanol–water partition coefficient (Wildman–Crippen LogP) is 2.74. The fourth-order valence-corrected chi connectivity index (χ4v) is 3.39. The van der Waals surface area contributed by atoms with E-state index >= 15 is 0 Å². The van der Waals surface area contributed by atoms with Gasteiger partial charge in [-0.05, 0) is 48.8 Å². The fourth-order valence-electron chi connectivity index (χ4n) is 2.92. The van der Waals surface area contributed by atoms with E-state index in [1.54, 1.807) is 24.0 Å². The Kier molecular flexibility index (Phi) is 5.34. The van der Waals surface area contributed by atoms with Crippen LogP contribution < -0.4 is 5.32 Å². The smallest absolute Gasteiger partial charge is 0.269 e. The van der Waals surface area contributed by atoms with Gasteiger partial charge in [0.1, 0.15) is 11.4 Å².